The van der Waals surface area contributed by atoms with Crippen LogP contribution in [0.5, 0.6) is 0 Å². The molecular formula is C13H25NO. The lowest BCUT2D eigenvalue weighted by Gasteiger charge is -2.23. The van der Waals surface area contributed by atoms with Gasteiger partial charge in [0.2, 0.25) is 0 Å². The van der Waals surface area contributed by atoms with E-state index in [2.05, 4.69) is 13.8 Å². The van der Waals surface area contributed by atoms with E-state index in [1.165, 1.54) is 19.3 Å². The zero-order valence-corrected chi connectivity index (χ0v) is 10.2. The Balaban J connectivity index is 2.28. The van der Waals surface area contributed by atoms with Crippen molar-refractivity contribution >= 4 is 5.78 Å². The van der Waals surface area contributed by atoms with E-state index in [0.717, 1.165) is 25.7 Å². The third-order valence-corrected chi connectivity index (χ3v) is 3.51. The number of nitrogens with two attached hydrogens (primary N) is 1. The molecule has 0 heterocycles. The molecule has 0 amide bonds. The van der Waals surface area contributed by atoms with Gasteiger partial charge in [-0.3, -0.25) is 4.79 Å². The van der Waals surface area contributed by atoms with Crippen LogP contribution in [0.3, 0.4) is 0 Å². The van der Waals surface area contributed by atoms with E-state index in [0.29, 0.717) is 18.1 Å². The van der Waals surface area contributed by atoms with Crippen molar-refractivity contribution in [3.05, 3.63) is 0 Å². The molecule has 1 atom stereocenters. The lowest BCUT2D eigenvalue weighted by Crippen LogP contribution is -2.38. The van der Waals surface area contributed by atoms with Crippen LogP contribution >= 0.6 is 0 Å². The van der Waals surface area contributed by atoms with Gasteiger partial charge in [0, 0.05) is 18.4 Å². The van der Waals surface area contributed by atoms with E-state index in [4.69, 9.17) is 5.73 Å². The molecule has 0 aromatic rings. The summed E-state index contributed by atoms with van der Waals surface area (Å²) in [5, 5.41) is 0. The monoisotopic (exact) mass is 211 g/mol. The van der Waals surface area contributed by atoms with Gasteiger partial charge in [-0.05, 0) is 18.8 Å². The van der Waals surface area contributed by atoms with Gasteiger partial charge in [-0.1, -0.05) is 39.5 Å². The molecule has 0 bridgehead atoms. The fourth-order valence-corrected chi connectivity index (χ4v) is 2.70. The molecule has 0 aliphatic heterocycles. The van der Waals surface area contributed by atoms with Crippen LogP contribution in [0, 0.1) is 5.92 Å². The predicted molar refractivity (Wildman–Crippen MR) is 63.7 cm³/mol. The van der Waals surface area contributed by atoms with Crippen molar-refractivity contribution in [3.8, 4) is 0 Å². The molecule has 15 heavy (non-hydrogen) atoms. The summed E-state index contributed by atoms with van der Waals surface area (Å²) in [5.74, 6) is 0.910. The number of Topliss-reactive ketones (excluding diaryl/α,β-unsaturated/α-hetero) is 1. The highest BCUT2D eigenvalue weighted by Gasteiger charge is 2.31. The van der Waals surface area contributed by atoms with Crippen LogP contribution in [-0.4, -0.2) is 11.3 Å². The van der Waals surface area contributed by atoms with Crippen LogP contribution in [0.2, 0.25) is 0 Å². The lowest BCUT2D eigenvalue weighted by molar-refractivity contribution is -0.121. The maximum atomic E-state index is 11.8. The second-order valence-corrected chi connectivity index (χ2v) is 5.38. The Morgan fingerprint density at radius 3 is 2.53 bits per heavy atom. The first-order valence-electron chi connectivity index (χ1n) is 6.36. The zero-order chi connectivity index (χ0) is 11.3. The topological polar surface area (TPSA) is 43.1 Å². The molecule has 1 aliphatic rings. The number of hydrogen-bond acceptors (Lipinski definition) is 2. The Morgan fingerprint density at radius 2 is 2.00 bits per heavy atom. The van der Waals surface area contributed by atoms with E-state index < -0.39 is 0 Å². The molecule has 1 fully saturated rings. The molecule has 1 rings (SSSR count). The maximum Gasteiger partial charge on any atom is 0.135 e. The molecule has 0 aromatic heterocycles. The highest BCUT2D eigenvalue weighted by molar-refractivity contribution is 5.79. The van der Waals surface area contributed by atoms with Gasteiger partial charge in [0.1, 0.15) is 5.78 Å². The van der Waals surface area contributed by atoms with Crippen molar-refractivity contribution in [2.24, 2.45) is 11.7 Å². The molecular weight excluding hydrogens is 186 g/mol. The van der Waals surface area contributed by atoms with Crippen LogP contribution < -0.4 is 5.73 Å². The highest BCUT2D eigenvalue weighted by Crippen LogP contribution is 2.31. The largest absolute Gasteiger partial charge is 0.325 e. The molecule has 2 nitrogen and oxygen atoms in total. The predicted octanol–water partition coefficient (Wildman–Crippen LogP) is 3.04. The molecule has 0 spiro atoms. The minimum absolute atomic E-state index is 0.150. The summed E-state index contributed by atoms with van der Waals surface area (Å²) in [6, 6.07) is 0. The Kier molecular flexibility index (Phi) is 4.78. The summed E-state index contributed by atoms with van der Waals surface area (Å²) < 4.78 is 0. The minimum Gasteiger partial charge on any atom is -0.325 e. The normalized spacial score (nSPS) is 21.5. The third-order valence-electron chi connectivity index (χ3n) is 3.51. The molecule has 0 saturated heterocycles. The average molecular weight is 211 g/mol. The van der Waals surface area contributed by atoms with E-state index in [1.54, 1.807) is 0 Å². The van der Waals surface area contributed by atoms with Crippen LogP contribution in [0.1, 0.15) is 65.2 Å². The summed E-state index contributed by atoms with van der Waals surface area (Å²) in [7, 11) is 0. The molecule has 0 radical (unpaired) electrons. The van der Waals surface area contributed by atoms with Crippen LogP contribution in [0.4, 0.5) is 0 Å². The average Bonchev–Trinajstić information content (AvgIpc) is 2.51. The van der Waals surface area contributed by atoms with Gasteiger partial charge in [0.15, 0.2) is 0 Å². The number of carbonyl (C=O) groups is 1. The van der Waals surface area contributed by atoms with Gasteiger partial charge >= 0.3 is 0 Å². The molecule has 1 unspecified atom stereocenters. The molecule has 0 aromatic carbocycles. The minimum atomic E-state index is -0.150. The molecule has 2 heteroatoms. The summed E-state index contributed by atoms with van der Waals surface area (Å²) >= 11 is 0. The van der Waals surface area contributed by atoms with Crippen molar-refractivity contribution < 1.29 is 4.79 Å². The zero-order valence-electron chi connectivity index (χ0n) is 10.2. The number of hydrogen-bond donors (Lipinski definition) is 1. The third kappa shape index (κ3) is 4.33. The van der Waals surface area contributed by atoms with Crippen molar-refractivity contribution in [3.63, 3.8) is 0 Å². The number of ketones is 1. The Bertz CT molecular complexity index is 207. The van der Waals surface area contributed by atoms with Crippen molar-refractivity contribution in [1.29, 1.82) is 0 Å². The van der Waals surface area contributed by atoms with E-state index >= 15 is 0 Å². The SMILES string of the molecule is CCCC(C)CC(=O)CC1(N)CCCC1. The Hall–Kier alpha value is -0.370. The van der Waals surface area contributed by atoms with E-state index in [9.17, 15) is 4.79 Å². The van der Waals surface area contributed by atoms with Crippen LogP contribution in [0.25, 0.3) is 0 Å². The molecule has 1 saturated carbocycles. The smallest absolute Gasteiger partial charge is 0.135 e. The van der Waals surface area contributed by atoms with Crippen LogP contribution in [0.15, 0.2) is 0 Å². The molecule has 2 N–H and O–H groups in total. The summed E-state index contributed by atoms with van der Waals surface area (Å²) in [6.07, 6.45) is 8.16. The van der Waals surface area contributed by atoms with Crippen molar-refractivity contribution in [2.45, 2.75) is 70.8 Å². The fraction of sp³-hybridized carbons (Fsp3) is 0.923. The van der Waals surface area contributed by atoms with Crippen molar-refractivity contribution in [2.75, 3.05) is 0 Å². The highest BCUT2D eigenvalue weighted by atomic mass is 16.1. The van der Waals surface area contributed by atoms with Crippen LogP contribution in [-0.2, 0) is 4.79 Å². The Labute approximate surface area is 93.6 Å². The van der Waals surface area contributed by atoms with Gasteiger partial charge in [-0.2, -0.15) is 0 Å². The first kappa shape index (κ1) is 12.7. The summed E-state index contributed by atoms with van der Waals surface area (Å²) in [6.45, 7) is 4.33. The summed E-state index contributed by atoms with van der Waals surface area (Å²) in [5.41, 5.74) is 6.04. The number of carbonyl (C=O) groups excluding carboxylic acids is 1. The van der Waals surface area contributed by atoms with Crippen molar-refractivity contribution in [1.82, 2.24) is 0 Å². The fourth-order valence-electron chi connectivity index (χ4n) is 2.70. The van der Waals surface area contributed by atoms with Gasteiger partial charge < -0.3 is 5.73 Å². The van der Waals surface area contributed by atoms with Gasteiger partial charge in [-0.15, -0.1) is 0 Å². The van der Waals surface area contributed by atoms with E-state index in [1.807, 2.05) is 0 Å². The molecule has 1 aliphatic carbocycles. The van der Waals surface area contributed by atoms with E-state index in [-0.39, 0.29) is 5.54 Å². The number of rotatable bonds is 6. The quantitative estimate of drug-likeness (QED) is 0.733. The Morgan fingerprint density at radius 1 is 1.40 bits per heavy atom. The summed E-state index contributed by atoms with van der Waals surface area (Å²) in [4.78, 5) is 11.8. The standard InChI is InChI=1S/C13H25NO/c1-3-6-11(2)9-12(15)10-13(14)7-4-5-8-13/h11H,3-10,14H2,1-2H3. The van der Waals surface area contributed by atoms with Gasteiger partial charge in [-0.25, -0.2) is 0 Å². The second-order valence-electron chi connectivity index (χ2n) is 5.38. The first-order valence-corrected chi connectivity index (χ1v) is 6.36. The lowest BCUT2D eigenvalue weighted by atomic mass is 9.88. The van der Waals surface area contributed by atoms with Gasteiger partial charge in [0.05, 0.1) is 0 Å². The second kappa shape index (κ2) is 5.64. The van der Waals surface area contributed by atoms with Gasteiger partial charge in [0.25, 0.3) is 0 Å². The molecule has 88 valence electrons. The maximum absolute atomic E-state index is 11.8. The first-order chi connectivity index (χ1) is 7.06.